The zero-order valence-corrected chi connectivity index (χ0v) is 15.7. The number of benzene rings is 1. The highest BCUT2D eigenvalue weighted by Crippen LogP contribution is 2.15. The van der Waals surface area contributed by atoms with E-state index in [4.69, 9.17) is 11.6 Å². The fourth-order valence-corrected chi connectivity index (χ4v) is 2.88. The highest BCUT2D eigenvalue weighted by Gasteiger charge is 2.11. The summed E-state index contributed by atoms with van der Waals surface area (Å²) < 4.78 is 0. The van der Waals surface area contributed by atoms with Gasteiger partial charge in [-0.15, -0.1) is 0 Å². The predicted octanol–water partition coefficient (Wildman–Crippen LogP) is 2.82. The molecule has 3 aromatic rings. The fourth-order valence-electron chi connectivity index (χ4n) is 2.72. The first-order valence-corrected chi connectivity index (χ1v) is 9.03. The van der Waals surface area contributed by atoms with Gasteiger partial charge in [0.25, 0.3) is 5.56 Å². The summed E-state index contributed by atoms with van der Waals surface area (Å²) in [6.07, 6.45) is 3.58. The van der Waals surface area contributed by atoms with E-state index in [0.29, 0.717) is 46.9 Å². The summed E-state index contributed by atoms with van der Waals surface area (Å²) in [5.41, 5.74) is 1.03. The minimum Gasteiger partial charge on any atom is -0.325 e. The van der Waals surface area contributed by atoms with Crippen LogP contribution in [0.25, 0.3) is 10.9 Å². The number of carbonyl (C=O) groups excluding carboxylic acids is 1. The summed E-state index contributed by atoms with van der Waals surface area (Å²) in [5, 5.41) is 3.84. The van der Waals surface area contributed by atoms with Crippen molar-refractivity contribution in [3.05, 3.63) is 63.9 Å². The Labute approximate surface area is 161 Å². The normalized spacial score (nSPS) is 11.1. The molecule has 1 amide bonds. The first-order chi connectivity index (χ1) is 13.0. The van der Waals surface area contributed by atoms with Crippen LogP contribution < -0.4 is 10.9 Å². The van der Waals surface area contributed by atoms with Crippen molar-refractivity contribution in [3.63, 3.8) is 0 Å². The molecule has 0 aliphatic carbocycles. The Kier molecular flexibility index (Phi) is 6.16. The van der Waals surface area contributed by atoms with Crippen molar-refractivity contribution >= 4 is 34.1 Å². The molecule has 2 N–H and O–H groups in total. The lowest BCUT2D eigenvalue weighted by molar-refractivity contribution is -0.116. The molecule has 0 spiro atoms. The topological polar surface area (TPSA) is 91.0 Å². The van der Waals surface area contributed by atoms with Crippen LogP contribution in [0.1, 0.15) is 19.2 Å². The summed E-state index contributed by atoms with van der Waals surface area (Å²) in [7, 11) is 0. The number of anilines is 1. The number of nitrogens with zero attached hydrogens (tertiary/aromatic N) is 3. The van der Waals surface area contributed by atoms with Gasteiger partial charge < -0.3 is 10.3 Å². The summed E-state index contributed by atoms with van der Waals surface area (Å²) in [6, 6.07) is 8.56. The molecule has 2 heterocycles. The molecule has 0 saturated heterocycles. The van der Waals surface area contributed by atoms with Crippen LogP contribution in [0.3, 0.4) is 0 Å². The van der Waals surface area contributed by atoms with Gasteiger partial charge in [-0.25, -0.2) is 4.98 Å². The Balaban J connectivity index is 1.64. The second-order valence-corrected chi connectivity index (χ2v) is 6.52. The number of pyridine rings is 1. The van der Waals surface area contributed by atoms with Crippen molar-refractivity contribution in [1.29, 1.82) is 0 Å². The van der Waals surface area contributed by atoms with Crippen LogP contribution in [0.4, 0.5) is 5.69 Å². The molecule has 0 bridgehead atoms. The molecule has 0 saturated carbocycles. The molecule has 2 aromatic heterocycles. The van der Waals surface area contributed by atoms with Crippen LogP contribution in [0, 0.1) is 0 Å². The molecular weight excluding hydrogens is 366 g/mol. The summed E-state index contributed by atoms with van der Waals surface area (Å²) in [5.74, 6) is 0.456. The summed E-state index contributed by atoms with van der Waals surface area (Å²) >= 11 is 6.00. The standard InChI is InChI=1S/C19H20ClN5O2/c1-2-25(9-7-18(26)22-14-4-3-8-21-11-14)12-17-23-16-10-13(20)5-6-15(16)19(27)24-17/h3-6,8,10-11H,2,7,9,12H2,1H3,(H,22,26)(H,23,24,27). The third-order valence-corrected chi connectivity index (χ3v) is 4.37. The number of hydrogen-bond donors (Lipinski definition) is 2. The quantitative estimate of drug-likeness (QED) is 0.652. The van der Waals surface area contributed by atoms with Crippen molar-refractivity contribution in [2.24, 2.45) is 0 Å². The van der Waals surface area contributed by atoms with Crippen molar-refractivity contribution in [2.45, 2.75) is 19.9 Å². The minimum absolute atomic E-state index is 0.0896. The molecule has 8 heteroatoms. The van der Waals surface area contributed by atoms with E-state index in [1.165, 1.54) is 0 Å². The Morgan fingerprint density at radius 3 is 2.93 bits per heavy atom. The van der Waals surface area contributed by atoms with E-state index in [9.17, 15) is 9.59 Å². The smallest absolute Gasteiger partial charge is 0.258 e. The van der Waals surface area contributed by atoms with Gasteiger partial charge in [0.2, 0.25) is 5.91 Å². The van der Waals surface area contributed by atoms with E-state index in [2.05, 4.69) is 20.3 Å². The molecule has 1 aromatic carbocycles. The van der Waals surface area contributed by atoms with Gasteiger partial charge in [0, 0.05) is 24.2 Å². The van der Waals surface area contributed by atoms with Crippen LogP contribution in [-0.4, -0.2) is 38.8 Å². The third-order valence-electron chi connectivity index (χ3n) is 4.14. The van der Waals surface area contributed by atoms with Crippen LogP contribution in [0.2, 0.25) is 5.02 Å². The van der Waals surface area contributed by atoms with Crippen LogP contribution in [-0.2, 0) is 11.3 Å². The summed E-state index contributed by atoms with van der Waals surface area (Å²) in [6.45, 7) is 3.70. The number of amides is 1. The van der Waals surface area contributed by atoms with Gasteiger partial charge in [-0.3, -0.25) is 19.5 Å². The highest BCUT2D eigenvalue weighted by atomic mass is 35.5. The number of aromatic amines is 1. The molecule has 0 fully saturated rings. The highest BCUT2D eigenvalue weighted by molar-refractivity contribution is 6.31. The van der Waals surface area contributed by atoms with E-state index in [1.54, 1.807) is 42.7 Å². The van der Waals surface area contributed by atoms with E-state index in [1.807, 2.05) is 11.8 Å². The van der Waals surface area contributed by atoms with Crippen LogP contribution in [0.15, 0.2) is 47.5 Å². The monoisotopic (exact) mass is 385 g/mol. The second kappa shape index (κ2) is 8.75. The minimum atomic E-state index is -0.197. The van der Waals surface area contributed by atoms with Gasteiger partial charge in [-0.1, -0.05) is 18.5 Å². The molecule has 27 heavy (non-hydrogen) atoms. The number of halogens is 1. The van der Waals surface area contributed by atoms with Gasteiger partial charge in [0.05, 0.1) is 29.3 Å². The summed E-state index contributed by atoms with van der Waals surface area (Å²) in [4.78, 5) is 37.6. The Bertz CT molecular complexity index is 990. The van der Waals surface area contributed by atoms with Crippen molar-refractivity contribution in [3.8, 4) is 0 Å². The number of aromatic nitrogens is 3. The Hall–Kier alpha value is -2.77. The number of hydrogen-bond acceptors (Lipinski definition) is 5. The van der Waals surface area contributed by atoms with E-state index < -0.39 is 0 Å². The molecule has 7 nitrogen and oxygen atoms in total. The van der Waals surface area contributed by atoms with Crippen LogP contribution in [0.5, 0.6) is 0 Å². The van der Waals surface area contributed by atoms with E-state index in [-0.39, 0.29) is 11.5 Å². The molecule has 0 radical (unpaired) electrons. The average Bonchev–Trinajstić information content (AvgIpc) is 2.65. The average molecular weight is 386 g/mol. The van der Waals surface area contributed by atoms with Gasteiger partial charge in [-0.2, -0.15) is 0 Å². The van der Waals surface area contributed by atoms with E-state index >= 15 is 0 Å². The van der Waals surface area contributed by atoms with Gasteiger partial charge >= 0.3 is 0 Å². The Morgan fingerprint density at radius 2 is 2.19 bits per heavy atom. The number of carbonyl (C=O) groups is 1. The number of rotatable bonds is 7. The van der Waals surface area contributed by atoms with Crippen molar-refractivity contribution in [2.75, 3.05) is 18.4 Å². The van der Waals surface area contributed by atoms with Gasteiger partial charge in [0.1, 0.15) is 5.82 Å². The third kappa shape index (κ3) is 5.12. The lowest BCUT2D eigenvalue weighted by Gasteiger charge is -2.19. The Morgan fingerprint density at radius 1 is 1.33 bits per heavy atom. The molecule has 140 valence electrons. The molecule has 0 atom stereocenters. The number of fused-ring (bicyclic) bond motifs is 1. The predicted molar refractivity (Wildman–Crippen MR) is 106 cm³/mol. The second-order valence-electron chi connectivity index (χ2n) is 6.08. The molecule has 0 unspecified atom stereocenters. The maximum atomic E-state index is 12.2. The SMILES string of the molecule is CCN(CCC(=O)Nc1cccnc1)Cc1nc2cc(Cl)ccc2c(=O)[nH]1. The lowest BCUT2D eigenvalue weighted by atomic mass is 10.2. The van der Waals surface area contributed by atoms with Gasteiger partial charge in [-0.05, 0) is 36.9 Å². The molecular formula is C19H20ClN5O2. The van der Waals surface area contributed by atoms with E-state index in [0.717, 1.165) is 6.54 Å². The van der Waals surface area contributed by atoms with Crippen molar-refractivity contribution in [1.82, 2.24) is 19.9 Å². The molecule has 0 aliphatic heterocycles. The first kappa shape index (κ1) is 19.0. The molecule has 0 aliphatic rings. The fraction of sp³-hybridized carbons (Fsp3) is 0.263. The first-order valence-electron chi connectivity index (χ1n) is 8.66. The lowest BCUT2D eigenvalue weighted by Crippen LogP contribution is -2.29. The zero-order valence-electron chi connectivity index (χ0n) is 14.9. The maximum Gasteiger partial charge on any atom is 0.258 e. The van der Waals surface area contributed by atoms with Crippen molar-refractivity contribution < 1.29 is 4.79 Å². The van der Waals surface area contributed by atoms with Crippen LogP contribution >= 0.6 is 11.6 Å². The number of nitrogens with one attached hydrogen (secondary N) is 2. The van der Waals surface area contributed by atoms with Gasteiger partial charge in [0.15, 0.2) is 0 Å². The maximum absolute atomic E-state index is 12.2. The molecule has 3 rings (SSSR count). The zero-order chi connectivity index (χ0) is 19.2. The largest absolute Gasteiger partial charge is 0.325 e. The number of H-pyrrole nitrogens is 1.